The summed E-state index contributed by atoms with van der Waals surface area (Å²) in [7, 11) is 0. The molecule has 0 atom stereocenters. The van der Waals surface area contributed by atoms with E-state index < -0.39 is 0 Å². The average Bonchev–Trinajstić information content (AvgIpc) is 2.83. The van der Waals surface area contributed by atoms with Crippen molar-refractivity contribution < 1.29 is 4.79 Å². The van der Waals surface area contributed by atoms with Crippen molar-refractivity contribution in [3.63, 3.8) is 0 Å². The lowest BCUT2D eigenvalue weighted by molar-refractivity contribution is -0.119. The van der Waals surface area contributed by atoms with Gasteiger partial charge in [0.15, 0.2) is 0 Å². The molecular formula is C13H19N3O. The molecule has 4 nitrogen and oxygen atoms in total. The van der Waals surface area contributed by atoms with Crippen LogP contribution in [-0.2, 0) is 11.3 Å². The Morgan fingerprint density at radius 2 is 2.12 bits per heavy atom. The highest BCUT2D eigenvalue weighted by atomic mass is 16.1. The van der Waals surface area contributed by atoms with E-state index in [1.54, 1.807) is 6.20 Å². The summed E-state index contributed by atoms with van der Waals surface area (Å²) in [5, 5.41) is 7.25. The SMILES string of the molecule is O=C(Nc1cnn(CC2CC2)c1)C1CCCC1. The summed E-state index contributed by atoms with van der Waals surface area (Å²) in [6.07, 6.45) is 10.8. The Hall–Kier alpha value is -1.32. The lowest BCUT2D eigenvalue weighted by Gasteiger charge is -2.07. The fraction of sp³-hybridized carbons (Fsp3) is 0.692. The van der Waals surface area contributed by atoms with Crippen molar-refractivity contribution in [2.75, 3.05) is 5.32 Å². The Labute approximate surface area is 101 Å². The Morgan fingerprint density at radius 1 is 1.35 bits per heavy atom. The summed E-state index contributed by atoms with van der Waals surface area (Å²) >= 11 is 0. The highest BCUT2D eigenvalue weighted by Gasteiger charge is 2.24. The van der Waals surface area contributed by atoms with Crippen molar-refractivity contribution in [2.24, 2.45) is 11.8 Å². The Balaban J connectivity index is 1.56. The molecule has 2 aliphatic carbocycles. The van der Waals surface area contributed by atoms with E-state index in [1.165, 1.54) is 25.7 Å². The van der Waals surface area contributed by atoms with E-state index in [1.807, 2.05) is 10.9 Å². The van der Waals surface area contributed by atoms with Gasteiger partial charge in [-0.2, -0.15) is 5.10 Å². The monoisotopic (exact) mass is 233 g/mol. The van der Waals surface area contributed by atoms with Crippen LogP contribution in [0.4, 0.5) is 5.69 Å². The molecule has 0 unspecified atom stereocenters. The molecule has 0 spiro atoms. The molecule has 17 heavy (non-hydrogen) atoms. The van der Waals surface area contributed by atoms with Crippen molar-refractivity contribution in [1.29, 1.82) is 0 Å². The van der Waals surface area contributed by atoms with Gasteiger partial charge in [0.25, 0.3) is 0 Å². The minimum atomic E-state index is 0.175. The minimum absolute atomic E-state index is 0.175. The molecule has 92 valence electrons. The molecule has 1 aromatic heterocycles. The molecule has 2 saturated carbocycles. The molecule has 3 rings (SSSR count). The van der Waals surface area contributed by atoms with Crippen LogP contribution in [0.25, 0.3) is 0 Å². The van der Waals surface area contributed by atoms with Gasteiger partial charge in [-0.05, 0) is 31.6 Å². The Bertz CT molecular complexity index is 403. The summed E-state index contributed by atoms with van der Waals surface area (Å²) in [4.78, 5) is 11.9. The lowest BCUT2D eigenvalue weighted by Crippen LogP contribution is -2.19. The van der Waals surface area contributed by atoms with Gasteiger partial charge in [0.05, 0.1) is 11.9 Å². The van der Waals surface area contributed by atoms with Gasteiger partial charge in [-0.3, -0.25) is 9.48 Å². The highest BCUT2D eigenvalue weighted by molar-refractivity contribution is 5.92. The summed E-state index contributed by atoms with van der Waals surface area (Å²) < 4.78 is 1.95. The van der Waals surface area contributed by atoms with Crippen molar-refractivity contribution in [3.8, 4) is 0 Å². The molecule has 1 amide bonds. The molecule has 1 heterocycles. The summed E-state index contributed by atoms with van der Waals surface area (Å²) in [6.45, 7) is 0.999. The van der Waals surface area contributed by atoms with Gasteiger partial charge in [-0.1, -0.05) is 12.8 Å². The molecule has 1 N–H and O–H groups in total. The molecular weight excluding hydrogens is 214 g/mol. The standard InChI is InChI=1S/C13H19N3O/c17-13(11-3-1-2-4-11)15-12-7-14-16(9-12)8-10-5-6-10/h7,9-11H,1-6,8H2,(H,15,17). The van der Waals surface area contributed by atoms with Crippen LogP contribution in [0.15, 0.2) is 12.4 Å². The Morgan fingerprint density at radius 3 is 2.82 bits per heavy atom. The number of amides is 1. The smallest absolute Gasteiger partial charge is 0.227 e. The van der Waals surface area contributed by atoms with Crippen molar-refractivity contribution in [2.45, 2.75) is 45.1 Å². The lowest BCUT2D eigenvalue weighted by atomic mass is 10.1. The van der Waals surface area contributed by atoms with Gasteiger partial charge >= 0.3 is 0 Å². The maximum atomic E-state index is 11.9. The van der Waals surface area contributed by atoms with E-state index in [9.17, 15) is 4.79 Å². The van der Waals surface area contributed by atoms with E-state index in [0.29, 0.717) is 0 Å². The van der Waals surface area contributed by atoms with Crippen molar-refractivity contribution in [1.82, 2.24) is 9.78 Å². The number of nitrogens with one attached hydrogen (secondary N) is 1. The average molecular weight is 233 g/mol. The number of carbonyl (C=O) groups excluding carboxylic acids is 1. The second kappa shape index (κ2) is 4.51. The molecule has 0 saturated heterocycles. The topological polar surface area (TPSA) is 46.9 Å². The third kappa shape index (κ3) is 2.68. The third-order valence-electron chi connectivity index (χ3n) is 3.77. The van der Waals surface area contributed by atoms with Crippen molar-refractivity contribution >= 4 is 11.6 Å². The molecule has 0 aliphatic heterocycles. The maximum Gasteiger partial charge on any atom is 0.227 e. The first-order valence-corrected chi connectivity index (χ1v) is 6.64. The minimum Gasteiger partial charge on any atom is -0.323 e. The van der Waals surface area contributed by atoms with Crippen LogP contribution in [0, 0.1) is 11.8 Å². The quantitative estimate of drug-likeness (QED) is 0.868. The largest absolute Gasteiger partial charge is 0.323 e. The van der Waals surface area contributed by atoms with E-state index in [-0.39, 0.29) is 11.8 Å². The number of carbonyl (C=O) groups is 1. The van der Waals surface area contributed by atoms with Crippen molar-refractivity contribution in [3.05, 3.63) is 12.4 Å². The zero-order valence-corrected chi connectivity index (χ0v) is 10.1. The van der Waals surface area contributed by atoms with Gasteiger partial charge in [-0.25, -0.2) is 0 Å². The Kier molecular flexibility index (Phi) is 2.87. The van der Waals surface area contributed by atoms with E-state index in [2.05, 4.69) is 10.4 Å². The first-order valence-electron chi connectivity index (χ1n) is 6.64. The molecule has 2 aliphatic rings. The number of rotatable bonds is 4. The zero-order chi connectivity index (χ0) is 11.7. The molecule has 0 aromatic carbocycles. The second-order valence-corrected chi connectivity index (χ2v) is 5.37. The van der Waals surface area contributed by atoms with Gasteiger partial charge in [0, 0.05) is 18.7 Å². The van der Waals surface area contributed by atoms with Gasteiger partial charge in [-0.15, -0.1) is 0 Å². The first kappa shape index (κ1) is 10.8. The predicted molar refractivity (Wildman–Crippen MR) is 65.5 cm³/mol. The normalized spacial score (nSPS) is 20.7. The van der Waals surface area contributed by atoms with Crippen LogP contribution in [0.3, 0.4) is 0 Å². The number of aromatic nitrogens is 2. The summed E-state index contributed by atoms with van der Waals surface area (Å²) in [5.41, 5.74) is 0.850. The second-order valence-electron chi connectivity index (χ2n) is 5.37. The fourth-order valence-electron chi connectivity index (χ4n) is 2.53. The van der Waals surface area contributed by atoms with Gasteiger partial charge < -0.3 is 5.32 Å². The molecule has 0 radical (unpaired) electrons. The van der Waals surface area contributed by atoms with Crippen LogP contribution >= 0.6 is 0 Å². The number of hydrogen-bond donors (Lipinski definition) is 1. The molecule has 4 heteroatoms. The number of nitrogens with zero attached hydrogens (tertiary/aromatic N) is 2. The van der Waals surface area contributed by atoms with Gasteiger partial charge in [0.1, 0.15) is 0 Å². The van der Waals surface area contributed by atoms with Crippen LogP contribution in [0.5, 0.6) is 0 Å². The van der Waals surface area contributed by atoms with Crippen LogP contribution in [0.2, 0.25) is 0 Å². The van der Waals surface area contributed by atoms with E-state index in [0.717, 1.165) is 31.0 Å². The molecule has 1 aromatic rings. The zero-order valence-electron chi connectivity index (χ0n) is 10.1. The predicted octanol–water partition coefficient (Wildman–Crippen LogP) is 2.42. The van der Waals surface area contributed by atoms with E-state index >= 15 is 0 Å². The molecule has 2 fully saturated rings. The molecule has 0 bridgehead atoms. The van der Waals surface area contributed by atoms with Gasteiger partial charge in [0.2, 0.25) is 5.91 Å². The number of hydrogen-bond acceptors (Lipinski definition) is 2. The van der Waals surface area contributed by atoms with Crippen LogP contribution < -0.4 is 5.32 Å². The van der Waals surface area contributed by atoms with Crippen LogP contribution in [0.1, 0.15) is 38.5 Å². The highest BCUT2D eigenvalue weighted by Crippen LogP contribution is 2.30. The fourth-order valence-corrected chi connectivity index (χ4v) is 2.53. The third-order valence-corrected chi connectivity index (χ3v) is 3.77. The summed E-state index contributed by atoms with van der Waals surface area (Å²) in [6, 6.07) is 0. The maximum absolute atomic E-state index is 11.9. The van der Waals surface area contributed by atoms with E-state index in [4.69, 9.17) is 0 Å². The summed E-state index contributed by atoms with van der Waals surface area (Å²) in [5.74, 6) is 1.21. The number of anilines is 1. The van der Waals surface area contributed by atoms with Crippen LogP contribution in [-0.4, -0.2) is 15.7 Å². The first-order chi connectivity index (χ1) is 8.31.